The molecule has 154 valence electrons. The second kappa shape index (κ2) is 6.90. The number of ketones is 1. The number of hydrogen-bond donors (Lipinski definition) is 1. The summed E-state index contributed by atoms with van der Waals surface area (Å²) in [4.78, 5) is 22.0. The molecule has 0 unspecified atom stereocenters. The lowest BCUT2D eigenvalue weighted by Gasteiger charge is -2.36. The van der Waals surface area contributed by atoms with Gasteiger partial charge in [0.05, 0.1) is 18.6 Å². The summed E-state index contributed by atoms with van der Waals surface area (Å²) in [5.74, 6) is 2.01. The number of nitrogens with zero attached hydrogens (tertiary/aromatic N) is 3. The largest absolute Gasteiger partial charge is 0.477 e. The van der Waals surface area contributed by atoms with Gasteiger partial charge >= 0.3 is 0 Å². The number of rotatable bonds is 5. The lowest BCUT2D eigenvalue weighted by atomic mass is 9.64. The highest BCUT2D eigenvalue weighted by molar-refractivity contribution is 5.91. The summed E-state index contributed by atoms with van der Waals surface area (Å²) >= 11 is 0. The smallest absolute Gasteiger partial charge is 0.217 e. The number of aliphatic hydroxyl groups is 1. The zero-order chi connectivity index (χ0) is 20.1. The molecule has 7 heteroatoms. The molecule has 29 heavy (non-hydrogen) atoms. The number of ether oxygens (including phenoxy) is 1. The summed E-state index contributed by atoms with van der Waals surface area (Å²) in [6.45, 7) is 2.49. The normalized spacial score (nSPS) is 25.1. The maximum absolute atomic E-state index is 12.8. The molecule has 2 fully saturated rings. The summed E-state index contributed by atoms with van der Waals surface area (Å²) in [5.41, 5.74) is 1.79. The van der Waals surface area contributed by atoms with Crippen LogP contribution in [0.1, 0.15) is 68.4 Å². The molecule has 7 nitrogen and oxygen atoms in total. The molecule has 2 aromatic rings. The van der Waals surface area contributed by atoms with Gasteiger partial charge in [0.15, 0.2) is 17.3 Å². The zero-order valence-corrected chi connectivity index (χ0v) is 16.9. The average Bonchev–Trinajstić information content (AvgIpc) is 3.38. The molecule has 0 amide bonds. The molecule has 2 aromatic heterocycles. The van der Waals surface area contributed by atoms with Gasteiger partial charge in [-0.3, -0.25) is 4.79 Å². The molecule has 0 saturated heterocycles. The molecular formula is C22H27N3O4. The first-order chi connectivity index (χ1) is 14.1. The fourth-order valence-electron chi connectivity index (χ4n) is 4.84. The van der Waals surface area contributed by atoms with E-state index in [1.165, 1.54) is 0 Å². The van der Waals surface area contributed by atoms with Crippen molar-refractivity contribution in [3.05, 3.63) is 23.1 Å². The van der Waals surface area contributed by atoms with Crippen molar-refractivity contribution in [2.45, 2.75) is 70.1 Å². The van der Waals surface area contributed by atoms with Crippen molar-refractivity contribution in [2.75, 3.05) is 13.2 Å². The van der Waals surface area contributed by atoms with Gasteiger partial charge in [-0.15, -0.1) is 0 Å². The van der Waals surface area contributed by atoms with Gasteiger partial charge < -0.3 is 14.4 Å². The van der Waals surface area contributed by atoms with Crippen LogP contribution >= 0.6 is 0 Å². The third-order valence-corrected chi connectivity index (χ3v) is 6.91. The molecule has 1 spiro atoms. The minimum atomic E-state index is -0.500. The summed E-state index contributed by atoms with van der Waals surface area (Å²) in [6.07, 6.45) is 8.06. The summed E-state index contributed by atoms with van der Waals surface area (Å²) in [5, 5.41) is 13.8. The van der Waals surface area contributed by atoms with Gasteiger partial charge in [0.25, 0.3) is 0 Å². The number of fused-ring (bicyclic) bond motifs is 2. The van der Waals surface area contributed by atoms with Gasteiger partial charge in [-0.25, -0.2) is 4.98 Å². The van der Waals surface area contributed by atoms with Gasteiger partial charge in [0.1, 0.15) is 5.78 Å². The molecule has 1 atom stereocenters. The lowest BCUT2D eigenvalue weighted by Crippen LogP contribution is -2.41. The number of Topliss-reactive ketones (excluding diaryl/α,β-unsaturated/α-hetero) is 1. The number of carbonyl (C=O) groups is 1. The van der Waals surface area contributed by atoms with Crippen molar-refractivity contribution >= 4 is 5.78 Å². The van der Waals surface area contributed by atoms with Gasteiger partial charge in [0.2, 0.25) is 5.88 Å². The van der Waals surface area contributed by atoms with Crippen LogP contribution in [-0.4, -0.2) is 39.2 Å². The molecule has 3 aliphatic rings. The first kappa shape index (κ1) is 18.7. The quantitative estimate of drug-likeness (QED) is 0.826. The van der Waals surface area contributed by atoms with Crippen LogP contribution in [0, 0.1) is 12.3 Å². The van der Waals surface area contributed by atoms with E-state index in [-0.39, 0.29) is 12.0 Å². The molecule has 5 rings (SSSR count). The topological polar surface area (TPSA) is 98.3 Å². The van der Waals surface area contributed by atoms with Crippen molar-refractivity contribution in [1.82, 2.24) is 15.1 Å². The second-order valence-corrected chi connectivity index (χ2v) is 9.02. The van der Waals surface area contributed by atoms with Crippen LogP contribution < -0.4 is 4.74 Å². The van der Waals surface area contributed by atoms with Crippen molar-refractivity contribution in [3.63, 3.8) is 0 Å². The summed E-state index contributed by atoms with van der Waals surface area (Å²) < 4.78 is 11.7. The number of aliphatic hydroxyl groups excluding tert-OH is 1. The maximum atomic E-state index is 12.8. The number of hydrogen-bond acceptors (Lipinski definition) is 7. The molecule has 2 saturated carbocycles. The Labute approximate surface area is 169 Å². The van der Waals surface area contributed by atoms with E-state index < -0.39 is 5.41 Å². The Morgan fingerprint density at radius 1 is 1.14 bits per heavy atom. The number of carbonyl (C=O) groups excluding carboxylic acids is 1. The maximum Gasteiger partial charge on any atom is 0.217 e. The van der Waals surface area contributed by atoms with E-state index in [1.807, 2.05) is 6.92 Å². The van der Waals surface area contributed by atoms with Crippen molar-refractivity contribution in [3.8, 4) is 17.4 Å². The molecular weight excluding hydrogens is 370 g/mol. The molecule has 0 aromatic carbocycles. The third kappa shape index (κ3) is 3.16. The predicted molar refractivity (Wildman–Crippen MR) is 105 cm³/mol. The fourth-order valence-corrected chi connectivity index (χ4v) is 4.84. The molecule has 0 aliphatic heterocycles. The van der Waals surface area contributed by atoms with E-state index in [0.717, 1.165) is 68.4 Å². The number of aryl methyl sites for hydroxylation is 1. The summed E-state index contributed by atoms with van der Waals surface area (Å²) in [6, 6.07) is 1.80. The van der Waals surface area contributed by atoms with Gasteiger partial charge in [0, 0.05) is 29.2 Å². The average molecular weight is 397 g/mol. The highest BCUT2D eigenvalue weighted by atomic mass is 16.5. The molecule has 0 bridgehead atoms. The Bertz CT molecular complexity index is 950. The van der Waals surface area contributed by atoms with Crippen LogP contribution in [0.3, 0.4) is 0 Å². The molecule has 1 N–H and O–H groups in total. The highest BCUT2D eigenvalue weighted by Gasteiger charge is 2.48. The molecule has 0 radical (unpaired) electrons. The first-order valence-electron chi connectivity index (χ1n) is 10.7. The molecule has 3 aliphatic carbocycles. The van der Waals surface area contributed by atoms with E-state index in [9.17, 15) is 9.90 Å². The Kier molecular flexibility index (Phi) is 4.46. The monoisotopic (exact) mass is 397 g/mol. The van der Waals surface area contributed by atoms with Crippen LogP contribution in [-0.2, 0) is 16.6 Å². The third-order valence-electron chi connectivity index (χ3n) is 6.91. The Hall–Kier alpha value is -2.28. The fraction of sp³-hybridized carbons (Fsp3) is 0.636. The summed E-state index contributed by atoms with van der Waals surface area (Å²) in [7, 11) is 0. The Morgan fingerprint density at radius 3 is 2.72 bits per heavy atom. The predicted octanol–water partition coefficient (Wildman–Crippen LogP) is 3.31. The SMILES string of the molecule is Cc1cc(OCC2(CO)CC2)nc(-c2noc3c2CCC[C@@]32CCCCC2=O)n1. The van der Waals surface area contributed by atoms with Crippen molar-refractivity contribution in [1.29, 1.82) is 0 Å². The van der Waals surface area contributed by atoms with Gasteiger partial charge in [-0.1, -0.05) is 11.6 Å². The van der Waals surface area contributed by atoms with Crippen LogP contribution in [0.15, 0.2) is 10.6 Å². The van der Waals surface area contributed by atoms with Crippen LogP contribution in [0.4, 0.5) is 0 Å². The standard InChI is InChI=1S/C22H27N3O4/c1-14-11-17(28-13-21(12-26)9-10-21)24-20(23-14)18-15-5-4-8-22(19(15)29-25-18)7-3-2-6-16(22)27/h11,26H,2-10,12-13H2,1H3/t22-/m1/s1. The van der Waals surface area contributed by atoms with Crippen LogP contribution in [0.2, 0.25) is 0 Å². The van der Waals surface area contributed by atoms with Crippen molar-refractivity contribution < 1.29 is 19.2 Å². The minimum absolute atomic E-state index is 0.111. The highest BCUT2D eigenvalue weighted by Crippen LogP contribution is 2.48. The molecule has 2 heterocycles. The van der Waals surface area contributed by atoms with Crippen LogP contribution in [0.25, 0.3) is 11.5 Å². The second-order valence-electron chi connectivity index (χ2n) is 9.02. The van der Waals surface area contributed by atoms with E-state index >= 15 is 0 Å². The lowest BCUT2D eigenvalue weighted by molar-refractivity contribution is -0.128. The van der Waals surface area contributed by atoms with Gasteiger partial charge in [-0.05, 0) is 51.9 Å². The van der Waals surface area contributed by atoms with E-state index in [0.29, 0.717) is 36.2 Å². The van der Waals surface area contributed by atoms with E-state index in [1.54, 1.807) is 6.07 Å². The van der Waals surface area contributed by atoms with E-state index in [2.05, 4.69) is 15.1 Å². The van der Waals surface area contributed by atoms with Gasteiger partial charge in [-0.2, -0.15) is 4.98 Å². The van der Waals surface area contributed by atoms with Crippen LogP contribution in [0.5, 0.6) is 5.88 Å². The number of aromatic nitrogens is 3. The minimum Gasteiger partial charge on any atom is -0.477 e. The Balaban J connectivity index is 1.48. The zero-order valence-electron chi connectivity index (χ0n) is 16.9. The Morgan fingerprint density at radius 2 is 1.97 bits per heavy atom. The van der Waals surface area contributed by atoms with Crippen molar-refractivity contribution in [2.24, 2.45) is 5.41 Å². The van der Waals surface area contributed by atoms with E-state index in [4.69, 9.17) is 9.26 Å². The first-order valence-corrected chi connectivity index (χ1v) is 10.7.